The molecule has 0 aromatic heterocycles. The van der Waals surface area contributed by atoms with Crippen LogP contribution in [-0.4, -0.2) is 32.6 Å². The first-order valence-corrected chi connectivity index (χ1v) is 9.05. The molecule has 2 rings (SSSR count). The van der Waals surface area contributed by atoms with Gasteiger partial charge in [-0.05, 0) is 37.3 Å². The summed E-state index contributed by atoms with van der Waals surface area (Å²) in [7, 11) is -2.00. The smallest absolute Gasteiger partial charge is 0.272 e. The zero-order chi connectivity index (χ0) is 18.8. The van der Waals surface area contributed by atoms with Crippen LogP contribution in [-0.2, 0) is 10.0 Å². The predicted octanol–water partition coefficient (Wildman–Crippen LogP) is 2.55. The summed E-state index contributed by atoms with van der Waals surface area (Å²) in [5.41, 5.74) is 1.40. The molecule has 0 aliphatic rings. The van der Waals surface area contributed by atoms with Crippen LogP contribution in [0.1, 0.15) is 15.9 Å². The summed E-state index contributed by atoms with van der Waals surface area (Å²) in [4.78, 5) is 22.6. The molecular formula is C16H17N3O5S. The van der Waals surface area contributed by atoms with Crippen LogP contribution in [0.4, 0.5) is 17.1 Å². The molecule has 2 aromatic carbocycles. The Morgan fingerprint density at radius 3 is 2.44 bits per heavy atom. The Bertz CT molecular complexity index is 941. The van der Waals surface area contributed by atoms with Crippen LogP contribution in [0.3, 0.4) is 0 Å². The molecule has 0 heterocycles. The van der Waals surface area contributed by atoms with Gasteiger partial charge in [-0.15, -0.1) is 0 Å². The number of benzene rings is 2. The molecule has 2 aromatic rings. The van der Waals surface area contributed by atoms with Gasteiger partial charge in [0, 0.05) is 29.9 Å². The monoisotopic (exact) mass is 363 g/mol. The lowest BCUT2D eigenvalue weighted by atomic mass is 10.1. The van der Waals surface area contributed by atoms with E-state index in [0.717, 1.165) is 10.6 Å². The maximum Gasteiger partial charge on any atom is 0.272 e. The number of nitrogens with zero attached hydrogens (tertiary/aromatic N) is 2. The third kappa shape index (κ3) is 4.32. The molecular weight excluding hydrogens is 346 g/mol. The molecule has 0 aliphatic carbocycles. The highest BCUT2D eigenvalue weighted by Gasteiger charge is 2.15. The van der Waals surface area contributed by atoms with E-state index in [4.69, 9.17) is 0 Å². The van der Waals surface area contributed by atoms with E-state index in [9.17, 15) is 23.3 Å². The van der Waals surface area contributed by atoms with E-state index in [0.29, 0.717) is 16.9 Å². The highest BCUT2D eigenvalue weighted by atomic mass is 32.2. The highest BCUT2D eigenvalue weighted by molar-refractivity contribution is 7.92. The van der Waals surface area contributed by atoms with Crippen LogP contribution in [0.2, 0.25) is 0 Å². The Hall–Kier alpha value is -2.94. The maximum absolute atomic E-state index is 12.3. The first-order valence-electron chi connectivity index (χ1n) is 7.20. The van der Waals surface area contributed by atoms with Crippen molar-refractivity contribution in [1.82, 2.24) is 0 Å². The van der Waals surface area contributed by atoms with Gasteiger partial charge in [0.15, 0.2) is 0 Å². The Kier molecular flexibility index (Phi) is 5.07. The van der Waals surface area contributed by atoms with Crippen molar-refractivity contribution >= 4 is 33.0 Å². The second-order valence-electron chi connectivity index (χ2n) is 5.49. The van der Waals surface area contributed by atoms with E-state index >= 15 is 0 Å². The first-order chi connectivity index (χ1) is 11.6. The fraction of sp³-hybridized carbons (Fsp3) is 0.188. The average Bonchev–Trinajstić information content (AvgIpc) is 2.53. The number of amides is 1. The van der Waals surface area contributed by atoms with Gasteiger partial charge in [0.25, 0.3) is 11.6 Å². The molecule has 1 amide bonds. The number of hydrogen-bond donors (Lipinski definition) is 1. The molecule has 1 N–H and O–H groups in total. The lowest BCUT2D eigenvalue weighted by Gasteiger charge is -2.17. The standard InChI is InChI=1S/C16H17N3O5S/c1-11-9-12(7-8-15(11)19(21)22)16(20)17-13-5-4-6-14(10-13)18(2)25(3,23)24/h4-10H,1-3H3,(H,17,20). The molecule has 132 valence electrons. The van der Waals surface area contributed by atoms with Crippen molar-refractivity contribution in [2.75, 3.05) is 22.9 Å². The van der Waals surface area contributed by atoms with Crippen molar-refractivity contribution in [3.8, 4) is 0 Å². The van der Waals surface area contributed by atoms with Crippen molar-refractivity contribution in [2.45, 2.75) is 6.92 Å². The van der Waals surface area contributed by atoms with E-state index in [1.54, 1.807) is 25.1 Å². The van der Waals surface area contributed by atoms with E-state index < -0.39 is 20.9 Å². The summed E-state index contributed by atoms with van der Waals surface area (Å²) >= 11 is 0. The summed E-state index contributed by atoms with van der Waals surface area (Å²) < 4.78 is 24.3. The van der Waals surface area contributed by atoms with Gasteiger partial charge in [-0.25, -0.2) is 8.42 Å². The summed E-state index contributed by atoms with van der Waals surface area (Å²) in [6, 6.07) is 10.4. The molecule has 0 aliphatic heterocycles. The van der Waals surface area contributed by atoms with Gasteiger partial charge < -0.3 is 5.32 Å². The van der Waals surface area contributed by atoms with Crippen LogP contribution in [0.15, 0.2) is 42.5 Å². The summed E-state index contributed by atoms with van der Waals surface area (Å²) in [5, 5.41) is 13.5. The van der Waals surface area contributed by atoms with Crippen LogP contribution in [0.25, 0.3) is 0 Å². The molecule has 0 atom stereocenters. The Morgan fingerprint density at radius 2 is 1.88 bits per heavy atom. The number of anilines is 2. The number of sulfonamides is 1. The van der Waals surface area contributed by atoms with Crippen molar-refractivity contribution in [2.24, 2.45) is 0 Å². The Morgan fingerprint density at radius 1 is 1.20 bits per heavy atom. The number of carbonyl (C=O) groups is 1. The normalized spacial score (nSPS) is 11.0. The Balaban J connectivity index is 2.24. The summed E-state index contributed by atoms with van der Waals surface area (Å²) in [5.74, 6) is -0.447. The van der Waals surface area contributed by atoms with Gasteiger partial charge in [0.2, 0.25) is 10.0 Å². The maximum atomic E-state index is 12.3. The number of rotatable bonds is 5. The van der Waals surface area contributed by atoms with Gasteiger partial charge >= 0.3 is 0 Å². The van der Waals surface area contributed by atoms with Crippen molar-refractivity contribution < 1.29 is 18.1 Å². The van der Waals surface area contributed by atoms with Gasteiger partial charge in [-0.3, -0.25) is 19.2 Å². The topological polar surface area (TPSA) is 110 Å². The molecule has 8 nitrogen and oxygen atoms in total. The van der Waals surface area contributed by atoms with E-state index in [1.165, 1.54) is 31.3 Å². The first kappa shape index (κ1) is 18.4. The minimum Gasteiger partial charge on any atom is -0.322 e. The largest absolute Gasteiger partial charge is 0.322 e. The molecule has 0 unspecified atom stereocenters. The molecule has 25 heavy (non-hydrogen) atoms. The molecule has 0 fully saturated rings. The zero-order valence-electron chi connectivity index (χ0n) is 13.9. The number of hydrogen-bond acceptors (Lipinski definition) is 5. The number of nitrogens with one attached hydrogen (secondary N) is 1. The molecule has 0 saturated heterocycles. The number of carbonyl (C=O) groups excluding carboxylic acids is 1. The number of nitro benzene ring substituents is 1. The highest BCUT2D eigenvalue weighted by Crippen LogP contribution is 2.22. The van der Waals surface area contributed by atoms with Crippen LogP contribution >= 0.6 is 0 Å². The lowest BCUT2D eigenvalue weighted by molar-refractivity contribution is -0.385. The fourth-order valence-electron chi connectivity index (χ4n) is 2.18. The lowest BCUT2D eigenvalue weighted by Crippen LogP contribution is -2.24. The number of aryl methyl sites for hydroxylation is 1. The molecule has 0 radical (unpaired) electrons. The van der Waals surface area contributed by atoms with Gasteiger partial charge in [-0.1, -0.05) is 6.07 Å². The van der Waals surface area contributed by atoms with Gasteiger partial charge in [0.1, 0.15) is 0 Å². The third-order valence-electron chi connectivity index (χ3n) is 3.62. The fourth-order valence-corrected chi connectivity index (χ4v) is 2.67. The average molecular weight is 363 g/mol. The third-order valence-corrected chi connectivity index (χ3v) is 4.83. The van der Waals surface area contributed by atoms with Crippen LogP contribution in [0, 0.1) is 17.0 Å². The van der Waals surface area contributed by atoms with Crippen LogP contribution < -0.4 is 9.62 Å². The van der Waals surface area contributed by atoms with Crippen molar-refractivity contribution in [3.05, 3.63) is 63.7 Å². The Labute approximate surface area is 145 Å². The molecule has 0 saturated carbocycles. The zero-order valence-corrected chi connectivity index (χ0v) is 14.7. The molecule has 9 heteroatoms. The molecule has 0 spiro atoms. The van der Waals surface area contributed by atoms with E-state index in [-0.39, 0.29) is 11.3 Å². The predicted molar refractivity (Wildman–Crippen MR) is 95.5 cm³/mol. The summed E-state index contributed by atoms with van der Waals surface area (Å²) in [6.07, 6.45) is 1.08. The second-order valence-corrected chi connectivity index (χ2v) is 7.51. The van der Waals surface area contributed by atoms with Gasteiger partial charge in [0.05, 0.1) is 16.9 Å². The van der Waals surface area contributed by atoms with E-state index in [1.807, 2.05) is 0 Å². The minimum absolute atomic E-state index is 0.0617. The van der Waals surface area contributed by atoms with Crippen LogP contribution in [0.5, 0.6) is 0 Å². The van der Waals surface area contributed by atoms with Crippen molar-refractivity contribution in [3.63, 3.8) is 0 Å². The minimum atomic E-state index is -3.42. The number of nitro groups is 1. The van der Waals surface area contributed by atoms with E-state index in [2.05, 4.69) is 5.32 Å². The quantitative estimate of drug-likeness (QED) is 0.648. The second kappa shape index (κ2) is 6.89. The molecule has 0 bridgehead atoms. The van der Waals surface area contributed by atoms with Crippen molar-refractivity contribution in [1.29, 1.82) is 0 Å². The van der Waals surface area contributed by atoms with Gasteiger partial charge in [-0.2, -0.15) is 0 Å². The SMILES string of the molecule is Cc1cc(C(=O)Nc2cccc(N(C)S(C)(=O)=O)c2)ccc1[N+](=O)[O-]. The summed E-state index contributed by atoms with van der Waals surface area (Å²) in [6.45, 7) is 1.55.